The first-order chi connectivity index (χ1) is 23.6. The summed E-state index contributed by atoms with van der Waals surface area (Å²) < 4.78 is 61.7. The predicted molar refractivity (Wildman–Crippen MR) is 168 cm³/mol. The summed E-state index contributed by atoms with van der Waals surface area (Å²) in [5, 5.41) is 11.5. The van der Waals surface area contributed by atoms with Crippen LogP contribution in [0.15, 0.2) is 65.7 Å². The highest BCUT2D eigenvalue weighted by atomic mass is 19.2. The Kier molecular flexibility index (Phi) is 7.99. The number of para-hydroxylation sites is 1. The molecule has 0 fully saturated rings. The molecule has 0 atom stereocenters. The zero-order chi connectivity index (χ0) is 34.6. The van der Waals surface area contributed by atoms with Gasteiger partial charge in [0.1, 0.15) is 18.1 Å². The molecule has 1 aromatic heterocycles. The number of rotatable bonds is 8. The standard InChI is InChI=1S/C36H25F3N2O8/c1-47-15-16-48-36(46)18-9-12-19(13-10-18)49-33-28(38)26-25(27(37)29(33)39)31(42)24(32(26)43)22-14-11-17-5-4-8-23(30(17)40-22)41-34(44)20-6-2-3-7-21(20)35(41)45/h4-5,8-14,42H,2-3,6-7,15-16H2,1H3. The van der Waals surface area contributed by atoms with Crippen molar-refractivity contribution in [2.75, 3.05) is 25.2 Å². The second kappa shape index (κ2) is 12.3. The van der Waals surface area contributed by atoms with Gasteiger partial charge in [-0.2, -0.15) is 4.39 Å². The van der Waals surface area contributed by atoms with E-state index in [1.807, 2.05) is 0 Å². The maximum Gasteiger partial charge on any atom is 0.338 e. The van der Waals surface area contributed by atoms with E-state index in [1.54, 1.807) is 12.1 Å². The summed E-state index contributed by atoms with van der Waals surface area (Å²) >= 11 is 0. The number of esters is 1. The number of hydrogen-bond acceptors (Lipinski definition) is 9. The van der Waals surface area contributed by atoms with Crippen LogP contribution in [0.3, 0.4) is 0 Å². The van der Waals surface area contributed by atoms with Gasteiger partial charge in [0.05, 0.1) is 45.8 Å². The summed E-state index contributed by atoms with van der Waals surface area (Å²) in [5.41, 5.74) is -1.57. The minimum Gasteiger partial charge on any atom is -0.506 e. The molecular formula is C36H25F3N2O8. The molecule has 49 heavy (non-hydrogen) atoms. The van der Waals surface area contributed by atoms with E-state index in [-0.39, 0.29) is 41.4 Å². The quantitative estimate of drug-likeness (QED) is 0.0952. The number of ether oxygens (including phenoxy) is 3. The molecule has 248 valence electrons. The molecule has 3 aromatic carbocycles. The molecule has 2 amide bonds. The van der Waals surface area contributed by atoms with Gasteiger partial charge in [-0.05, 0) is 62.1 Å². The second-order valence-electron chi connectivity index (χ2n) is 11.5. The number of allylic oxidation sites excluding steroid dienone is 1. The van der Waals surface area contributed by atoms with Crippen molar-refractivity contribution in [1.29, 1.82) is 0 Å². The lowest BCUT2D eigenvalue weighted by atomic mass is 9.93. The number of nitrogens with zero attached hydrogens (tertiary/aromatic N) is 2. The van der Waals surface area contributed by atoms with E-state index in [1.165, 1.54) is 49.6 Å². The number of aromatic nitrogens is 1. The number of imide groups is 1. The third-order valence-corrected chi connectivity index (χ3v) is 8.62. The Labute approximate surface area is 276 Å². The summed E-state index contributed by atoms with van der Waals surface area (Å²) in [5.74, 6) is -10.4. The van der Waals surface area contributed by atoms with Crippen LogP contribution in [0.5, 0.6) is 11.5 Å². The molecule has 0 saturated carbocycles. The van der Waals surface area contributed by atoms with E-state index in [0.717, 1.165) is 17.7 Å². The lowest BCUT2D eigenvalue weighted by Crippen LogP contribution is -2.31. The molecule has 13 heteroatoms. The number of benzene rings is 3. The first-order valence-corrected chi connectivity index (χ1v) is 15.3. The van der Waals surface area contributed by atoms with E-state index in [2.05, 4.69) is 4.98 Å². The van der Waals surface area contributed by atoms with Crippen LogP contribution in [0.25, 0.3) is 22.2 Å². The van der Waals surface area contributed by atoms with Gasteiger partial charge in [0, 0.05) is 23.6 Å². The zero-order valence-electron chi connectivity index (χ0n) is 25.8. The minimum absolute atomic E-state index is 0.00213. The highest BCUT2D eigenvalue weighted by Crippen LogP contribution is 2.45. The normalized spacial score (nSPS) is 15.8. The fourth-order valence-corrected chi connectivity index (χ4v) is 6.25. The van der Waals surface area contributed by atoms with Crippen molar-refractivity contribution in [2.45, 2.75) is 25.7 Å². The molecule has 7 rings (SSSR count). The number of Topliss-reactive ketones (excluding diaryl/α,β-unsaturated/α-hetero) is 1. The maximum atomic E-state index is 15.9. The Morgan fingerprint density at radius 1 is 0.857 bits per heavy atom. The van der Waals surface area contributed by atoms with Gasteiger partial charge in [-0.15, -0.1) is 0 Å². The van der Waals surface area contributed by atoms with Crippen molar-refractivity contribution in [3.63, 3.8) is 0 Å². The van der Waals surface area contributed by atoms with E-state index >= 15 is 13.2 Å². The summed E-state index contributed by atoms with van der Waals surface area (Å²) in [7, 11) is 1.44. The largest absolute Gasteiger partial charge is 0.506 e. The van der Waals surface area contributed by atoms with Gasteiger partial charge in [0.15, 0.2) is 11.6 Å². The second-order valence-corrected chi connectivity index (χ2v) is 11.5. The van der Waals surface area contributed by atoms with Gasteiger partial charge < -0.3 is 19.3 Å². The van der Waals surface area contributed by atoms with Crippen LogP contribution in [0, 0.1) is 17.5 Å². The number of amides is 2. The molecule has 2 heterocycles. The third-order valence-electron chi connectivity index (χ3n) is 8.62. The molecule has 1 N–H and O–H groups in total. The van der Waals surface area contributed by atoms with Gasteiger partial charge in [-0.3, -0.25) is 14.4 Å². The maximum absolute atomic E-state index is 15.9. The monoisotopic (exact) mass is 670 g/mol. The minimum atomic E-state index is -1.81. The fourth-order valence-electron chi connectivity index (χ4n) is 6.25. The molecule has 0 spiro atoms. The summed E-state index contributed by atoms with van der Waals surface area (Å²) in [6, 6.07) is 12.5. The van der Waals surface area contributed by atoms with Crippen molar-refractivity contribution in [2.24, 2.45) is 0 Å². The molecule has 3 aliphatic rings. The number of aliphatic hydroxyl groups is 1. The van der Waals surface area contributed by atoms with Crippen molar-refractivity contribution in [1.82, 2.24) is 4.98 Å². The first-order valence-electron chi connectivity index (χ1n) is 15.3. The van der Waals surface area contributed by atoms with Gasteiger partial charge in [0.2, 0.25) is 17.3 Å². The average molecular weight is 671 g/mol. The summed E-state index contributed by atoms with van der Waals surface area (Å²) in [4.78, 5) is 57.9. The predicted octanol–water partition coefficient (Wildman–Crippen LogP) is 6.61. The molecule has 0 saturated heterocycles. The smallest absolute Gasteiger partial charge is 0.338 e. The molecule has 0 bridgehead atoms. The van der Waals surface area contributed by atoms with Crippen LogP contribution in [0.2, 0.25) is 0 Å². The Morgan fingerprint density at radius 3 is 2.22 bits per heavy atom. The summed E-state index contributed by atoms with van der Waals surface area (Å²) in [6.07, 6.45) is 2.50. The number of halogens is 3. The molecule has 0 unspecified atom stereocenters. The highest BCUT2D eigenvalue weighted by Gasteiger charge is 2.42. The topological polar surface area (TPSA) is 132 Å². The third kappa shape index (κ3) is 5.13. The number of ketones is 1. The van der Waals surface area contributed by atoms with Gasteiger partial charge in [-0.1, -0.05) is 18.2 Å². The van der Waals surface area contributed by atoms with Gasteiger partial charge >= 0.3 is 5.97 Å². The van der Waals surface area contributed by atoms with E-state index in [9.17, 15) is 24.3 Å². The number of anilines is 1. The molecule has 1 aliphatic heterocycles. The lowest BCUT2D eigenvalue weighted by Gasteiger charge is -2.17. The number of carbonyl (C=O) groups excluding carboxylic acids is 4. The van der Waals surface area contributed by atoms with Crippen molar-refractivity contribution in [3.8, 4) is 11.5 Å². The van der Waals surface area contributed by atoms with Crippen molar-refractivity contribution < 1.29 is 51.7 Å². The van der Waals surface area contributed by atoms with Crippen LogP contribution >= 0.6 is 0 Å². The molecule has 0 radical (unpaired) electrons. The number of carbonyl (C=O) groups is 4. The fraction of sp³-hybridized carbons (Fsp3) is 0.194. The van der Waals surface area contributed by atoms with Crippen LogP contribution in [-0.2, 0) is 19.1 Å². The number of fused-ring (bicyclic) bond motifs is 2. The Bertz CT molecular complexity index is 2160. The first kappa shape index (κ1) is 31.8. The lowest BCUT2D eigenvalue weighted by molar-refractivity contribution is -0.120. The van der Waals surface area contributed by atoms with E-state index in [0.29, 0.717) is 29.4 Å². The average Bonchev–Trinajstić information content (AvgIpc) is 3.53. The van der Waals surface area contributed by atoms with Crippen molar-refractivity contribution in [3.05, 3.63) is 106 Å². The van der Waals surface area contributed by atoms with Gasteiger partial charge in [-0.25, -0.2) is 23.5 Å². The molecule has 10 nitrogen and oxygen atoms in total. The van der Waals surface area contributed by atoms with Crippen LogP contribution in [0.4, 0.5) is 18.9 Å². The van der Waals surface area contributed by atoms with Crippen LogP contribution in [0.1, 0.15) is 57.7 Å². The Morgan fingerprint density at radius 2 is 1.55 bits per heavy atom. The number of methoxy groups -OCH3 is 1. The van der Waals surface area contributed by atoms with Crippen LogP contribution in [-0.4, -0.2) is 54.0 Å². The zero-order valence-corrected chi connectivity index (χ0v) is 25.8. The SMILES string of the molecule is COCCOC(=O)c1ccc(Oc2c(F)c(F)c3c(c2F)C(=O)C(c2ccc4cccc(N5C(=O)C6=C(CCCC6)C5=O)c4n2)=C3O)cc1. The van der Waals surface area contributed by atoms with Gasteiger partial charge in [0.25, 0.3) is 11.8 Å². The number of aliphatic hydroxyl groups excluding tert-OH is 1. The Balaban J connectivity index is 1.22. The number of hydrogen-bond donors (Lipinski definition) is 1. The number of pyridine rings is 1. The van der Waals surface area contributed by atoms with Crippen LogP contribution < -0.4 is 9.64 Å². The van der Waals surface area contributed by atoms with E-state index < -0.39 is 69.2 Å². The summed E-state index contributed by atoms with van der Waals surface area (Å²) in [6.45, 7) is 0.181. The Hall–Kier alpha value is -5.82. The molecule has 2 aliphatic carbocycles. The molecule has 4 aromatic rings. The van der Waals surface area contributed by atoms with E-state index in [4.69, 9.17) is 14.2 Å². The molecular weight excluding hydrogens is 645 g/mol. The highest BCUT2D eigenvalue weighted by molar-refractivity contribution is 6.39. The van der Waals surface area contributed by atoms with Crippen molar-refractivity contribution >= 4 is 51.5 Å².